The molecule has 0 bridgehead atoms. The molecule has 13 heavy (non-hydrogen) atoms. The highest BCUT2D eigenvalue weighted by molar-refractivity contribution is 5.85. The van der Waals surface area contributed by atoms with E-state index in [0.717, 1.165) is 19.3 Å². The Bertz CT molecular complexity index is 177. The van der Waals surface area contributed by atoms with Crippen molar-refractivity contribution in [2.75, 3.05) is 14.2 Å². The Kier molecular flexibility index (Phi) is 4.67. The molecular weight excluding hydrogens is 194 g/mol. The number of hydrogen-bond acceptors (Lipinski definition) is 4. The van der Waals surface area contributed by atoms with E-state index in [-0.39, 0.29) is 12.4 Å². The monoisotopic (exact) mass is 209 g/mol. The fourth-order valence-corrected chi connectivity index (χ4v) is 1.51. The van der Waals surface area contributed by atoms with Gasteiger partial charge in [0.2, 0.25) is 0 Å². The van der Waals surface area contributed by atoms with E-state index in [0.29, 0.717) is 0 Å². The number of carbonyl (C=O) groups excluding carboxylic acids is 1. The predicted molar refractivity (Wildman–Crippen MR) is 50.8 cm³/mol. The number of esters is 1. The molecule has 1 unspecified atom stereocenters. The van der Waals surface area contributed by atoms with Crippen molar-refractivity contribution in [3.8, 4) is 0 Å². The van der Waals surface area contributed by atoms with Crippen molar-refractivity contribution in [1.82, 2.24) is 0 Å². The average Bonchev–Trinajstić information content (AvgIpc) is 2.02. The van der Waals surface area contributed by atoms with E-state index < -0.39 is 17.6 Å². The summed E-state index contributed by atoms with van der Waals surface area (Å²) >= 11 is 0. The van der Waals surface area contributed by atoms with Gasteiger partial charge in [0.15, 0.2) is 0 Å². The summed E-state index contributed by atoms with van der Waals surface area (Å²) in [5.41, 5.74) is 5.23. The van der Waals surface area contributed by atoms with E-state index in [4.69, 9.17) is 10.5 Å². The molecular formula is C8H16ClNO3. The topological polar surface area (TPSA) is 61.5 Å². The van der Waals surface area contributed by atoms with Crippen LogP contribution in [0.3, 0.4) is 0 Å². The van der Waals surface area contributed by atoms with Crippen molar-refractivity contribution in [3.05, 3.63) is 0 Å². The molecule has 1 saturated carbocycles. The highest BCUT2D eigenvalue weighted by atomic mass is 35.5. The predicted octanol–water partition coefficient (Wildman–Crippen LogP) is 0.478. The molecule has 0 aromatic heterocycles. The van der Waals surface area contributed by atoms with Gasteiger partial charge in [0, 0.05) is 7.11 Å². The SMILES string of the molecule is COC(=O)C(N)C1(OC)CCC1.Cl. The highest BCUT2D eigenvalue weighted by Gasteiger charge is 2.46. The number of rotatable bonds is 3. The van der Waals surface area contributed by atoms with Gasteiger partial charge in [-0.1, -0.05) is 0 Å². The number of methoxy groups -OCH3 is 2. The van der Waals surface area contributed by atoms with Crippen molar-refractivity contribution in [3.63, 3.8) is 0 Å². The number of halogens is 1. The maximum atomic E-state index is 11.1. The lowest BCUT2D eigenvalue weighted by molar-refractivity contribution is -0.158. The summed E-state index contributed by atoms with van der Waals surface area (Å²) in [6.45, 7) is 0. The summed E-state index contributed by atoms with van der Waals surface area (Å²) in [5, 5.41) is 0. The maximum Gasteiger partial charge on any atom is 0.325 e. The number of hydrogen-bond donors (Lipinski definition) is 1. The largest absolute Gasteiger partial charge is 0.468 e. The molecule has 1 rings (SSSR count). The van der Waals surface area contributed by atoms with Gasteiger partial charge in [-0.15, -0.1) is 12.4 Å². The maximum absolute atomic E-state index is 11.1. The fraction of sp³-hybridized carbons (Fsp3) is 0.875. The minimum Gasteiger partial charge on any atom is -0.468 e. The average molecular weight is 210 g/mol. The van der Waals surface area contributed by atoms with E-state index >= 15 is 0 Å². The zero-order chi connectivity index (χ0) is 9.19. The third-order valence-electron chi connectivity index (χ3n) is 2.63. The number of carbonyl (C=O) groups is 1. The van der Waals surface area contributed by atoms with Gasteiger partial charge in [0.25, 0.3) is 0 Å². The quantitative estimate of drug-likeness (QED) is 0.687. The second-order valence-corrected chi connectivity index (χ2v) is 3.12. The second-order valence-electron chi connectivity index (χ2n) is 3.12. The van der Waals surface area contributed by atoms with Gasteiger partial charge in [-0.05, 0) is 19.3 Å². The Morgan fingerprint density at radius 3 is 2.23 bits per heavy atom. The Hall–Kier alpha value is -0.320. The summed E-state index contributed by atoms with van der Waals surface area (Å²) in [6, 6.07) is -0.638. The molecule has 0 heterocycles. The first-order valence-corrected chi connectivity index (χ1v) is 4.05. The Morgan fingerprint density at radius 2 is 2.00 bits per heavy atom. The summed E-state index contributed by atoms with van der Waals surface area (Å²) in [4.78, 5) is 11.1. The zero-order valence-corrected chi connectivity index (χ0v) is 8.73. The summed E-state index contributed by atoms with van der Waals surface area (Å²) in [7, 11) is 2.92. The molecule has 0 spiro atoms. The zero-order valence-electron chi connectivity index (χ0n) is 7.91. The van der Waals surface area contributed by atoms with Crippen LogP contribution < -0.4 is 5.73 Å². The van der Waals surface area contributed by atoms with Crippen LogP contribution >= 0.6 is 12.4 Å². The van der Waals surface area contributed by atoms with E-state index in [2.05, 4.69) is 4.74 Å². The van der Waals surface area contributed by atoms with Gasteiger partial charge in [0.05, 0.1) is 12.7 Å². The van der Waals surface area contributed by atoms with Crippen LogP contribution in [-0.2, 0) is 14.3 Å². The van der Waals surface area contributed by atoms with Crippen molar-refractivity contribution in [1.29, 1.82) is 0 Å². The molecule has 4 nitrogen and oxygen atoms in total. The van der Waals surface area contributed by atoms with Crippen LogP contribution in [0.4, 0.5) is 0 Å². The minimum absolute atomic E-state index is 0. The van der Waals surface area contributed by atoms with Gasteiger partial charge in [0.1, 0.15) is 6.04 Å². The molecule has 1 aliphatic carbocycles. The fourth-order valence-electron chi connectivity index (χ4n) is 1.51. The van der Waals surface area contributed by atoms with Crippen molar-refractivity contribution >= 4 is 18.4 Å². The molecule has 1 fully saturated rings. The van der Waals surface area contributed by atoms with Crippen molar-refractivity contribution in [2.24, 2.45) is 5.73 Å². The van der Waals surface area contributed by atoms with E-state index in [1.54, 1.807) is 7.11 Å². The molecule has 0 amide bonds. The van der Waals surface area contributed by atoms with Crippen LogP contribution in [-0.4, -0.2) is 31.8 Å². The molecule has 78 valence electrons. The molecule has 0 radical (unpaired) electrons. The lowest BCUT2D eigenvalue weighted by Crippen LogP contribution is -2.58. The Morgan fingerprint density at radius 1 is 1.46 bits per heavy atom. The summed E-state index contributed by atoms with van der Waals surface area (Å²) in [5.74, 6) is -0.392. The van der Waals surface area contributed by atoms with Crippen LogP contribution in [0.1, 0.15) is 19.3 Å². The first kappa shape index (κ1) is 12.7. The van der Waals surface area contributed by atoms with Crippen LogP contribution in [0.5, 0.6) is 0 Å². The number of ether oxygens (including phenoxy) is 2. The van der Waals surface area contributed by atoms with Gasteiger partial charge >= 0.3 is 5.97 Å². The molecule has 5 heteroatoms. The highest BCUT2D eigenvalue weighted by Crippen LogP contribution is 2.37. The molecule has 1 aliphatic rings. The van der Waals surface area contributed by atoms with Gasteiger partial charge in [-0.3, -0.25) is 4.79 Å². The Balaban J connectivity index is 0.00000144. The third-order valence-corrected chi connectivity index (χ3v) is 2.63. The minimum atomic E-state index is -0.638. The van der Waals surface area contributed by atoms with Crippen LogP contribution in [0.25, 0.3) is 0 Å². The lowest BCUT2D eigenvalue weighted by Gasteiger charge is -2.43. The van der Waals surface area contributed by atoms with E-state index in [1.165, 1.54) is 7.11 Å². The number of nitrogens with two attached hydrogens (primary N) is 1. The normalized spacial score (nSPS) is 20.8. The smallest absolute Gasteiger partial charge is 0.325 e. The second kappa shape index (κ2) is 4.79. The molecule has 2 N–H and O–H groups in total. The Labute approximate surface area is 84.2 Å². The van der Waals surface area contributed by atoms with Gasteiger partial charge in [-0.2, -0.15) is 0 Å². The molecule has 0 saturated heterocycles. The van der Waals surface area contributed by atoms with Crippen LogP contribution in [0.2, 0.25) is 0 Å². The molecule has 1 atom stereocenters. The van der Waals surface area contributed by atoms with Crippen LogP contribution in [0.15, 0.2) is 0 Å². The van der Waals surface area contributed by atoms with Gasteiger partial charge in [-0.25, -0.2) is 0 Å². The van der Waals surface area contributed by atoms with Crippen LogP contribution in [0, 0.1) is 0 Å². The van der Waals surface area contributed by atoms with E-state index in [1.807, 2.05) is 0 Å². The molecule has 0 aromatic rings. The molecule has 0 aliphatic heterocycles. The van der Waals surface area contributed by atoms with Crippen molar-refractivity contribution < 1.29 is 14.3 Å². The van der Waals surface area contributed by atoms with Gasteiger partial charge < -0.3 is 15.2 Å². The third kappa shape index (κ3) is 2.13. The first-order valence-electron chi connectivity index (χ1n) is 4.05. The first-order chi connectivity index (χ1) is 5.66. The summed E-state index contributed by atoms with van der Waals surface area (Å²) in [6.07, 6.45) is 2.76. The van der Waals surface area contributed by atoms with E-state index in [9.17, 15) is 4.79 Å². The van der Waals surface area contributed by atoms with Crippen molar-refractivity contribution in [2.45, 2.75) is 30.9 Å². The molecule has 0 aromatic carbocycles. The standard InChI is InChI=1S/C8H15NO3.ClH/c1-11-7(10)6(9)8(12-2)4-3-5-8;/h6H,3-5,9H2,1-2H3;1H. The summed E-state index contributed by atoms with van der Waals surface area (Å²) < 4.78 is 9.78. The lowest BCUT2D eigenvalue weighted by atomic mass is 9.75.